The zero-order valence-corrected chi connectivity index (χ0v) is 16.3. The second kappa shape index (κ2) is 7.02. The van der Waals surface area contributed by atoms with Crippen LogP contribution in [0.4, 0.5) is 17.1 Å². The second-order valence-electron chi connectivity index (χ2n) is 7.50. The molecule has 5 rings (SSSR count). The first-order valence-electron chi connectivity index (χ1n) is 9.79. The fraction of sp³-hybridized carbons (Fsp3) is 0.261. The number of ketones is 1. The maximum atomic E-state index is 13.0. The van der Waals surface area contributed by atoms with Crippen molar-refractivity contribution in [2.45, 2.75) is 25.3 Å². The van der Waals surface area contributed by atoms with E-state index < -0.39 is 0 Å². The smallest absolute Gasteiger partial charge is 0.167 e. The molecule has 2 aromatic carbocycles. The predicted molar refractivity (Wildman–Crippen MR) is 115 cm³/mol. The predicted octanol–water partition coefficient (Wildman–Crippen LogP) is 5.53. The first-order valence-corrected chi connectivity index (χ1v) is 10.2. The van der Waals surface area contributed by atoms with E-state index in [0.29, 0.717) is 11.4 Å². The van der Waals surface area contributed by atoms with Gasteiger partial charge in [-0.3, -0.25) is 4.79 Å². The molecule has 0 radical (unpaired) electrons. The number of nitrogens with one attached hydrogen (secondary N) is 1. The third kappa shape index (κ3) is 3.08. The second-order valence-corrected chi connectivity index (χ2v) is 7.93. The molecule has 0 amide bonds. The maximum absolute atomic E-state index is 13.0. The van der Waals surface area contributed by atoms with E-state index in [9.17, 15) is 4.79 Å². The summed E-state index contributed by atoms with van der Waals surface area (Å²) in [6.45, 7) is 1.93. The number of fused-ring (bicyclic) bond motifs is 1. The van der Waals surface area contributed by atoms with Crippen molar-refractivity contribution in [3.05, 3.63) is 77.1 Å². The highest BCUT2D eigenvalue weighted by Crippen LogP contribution is 2.42. The number of carbonyl (C=O) groups excluding carboxylic acids is 1. The van der Waals surface area contributed by atoms with Gasteiger partial charge in [0.25, 0.3) is 0 Å². The Bertz CT molecular complexity index is 980. The van der Waals surface area contributed by atoms with E-state index in [1.165, 1.54) is 0 Å². The number of hydrogen-bond acceptors (Lipinski definition) is 4. The quantitative estimate of drug-likeness (QED) is 0.746. The molecular weight excluding hydrogens is 370 g/mol. The van der Waals surface area contributed by atoms with Gasteiger partial charge in [-0.1, -0.05) is 35.9 Å². The molecule has 3 aliphatic rings. The number of anilines is 3. The molecule has 0 aromatic heterocycles. The van der Waals surface area contributed by atoms with Crippen molar-refractivity contribution in [2.75, 3.05) is 28.2 Å². The highest BCUT2D eigenvalue weighted by atomic mass is 35.5. The molecule has 0 saturated carbocycles. The number of hydrogen-bond donors (Lipinski definition) is 1. The Morgan fingerprint density at radius 1 is 0.929 bits per heavy atom. The van der Waals surface area contributed by atoms with Crippen LogP contribution >= 0.6 is 11.6 Å². The fourth-order valence-electron chi connectivity index (χ4n) is 4.20. The van der Waals surface area contributed by atoms with Gasteiger partial charge in [0, 0.05) is 48.2 Å². The first-order chi connectivity index (χ1) is 13.7. The van der Waals surface area contributed by atoms with Crippen LogP contribution in [-0.2, 0) is 0 Å². The Labute approximate surface area is 170 Å². The molecule has 5 heteroatoms. The summed E-state index contributed by atoms with van der Waals surface area (Å²) in [4.78, 5) is 17.5. The number of Topliss-reactive ketones (excluding diaryl/α,β-unsaturated/α-hetero) is 1. The fourth-order valence-corrected chi connectivity index (χ4v) is 4.32. The zero-order valence-electron chi connectivity index (χ0n) is 15.6. The van der Waals surface area contributed by atoms with Crippen molar-refractivity contribution in [1.82, 2.24) is 0 Å². The number of halogens is 1. The van der Waals surface area contributed by atoms with Crippen LogP contribution in [0, 0.1) is 0 Å². The van der Waals surface area contributed by atoms with Crippen molar-refractivity contribution < 1.29 is 4.79 Å². The van der Waals surface area contributed by atoms with Crippen LogP contribution in [0.15, 0.2) is 61.0 Å². The molecule has 0 unspecified atom stereocenters. The topological polar surface area (TPSA) is 35.6 Å². The minimum atomic E-state index is -0.0308. The van der Waals surface area contributed by atoms with Gasteiger partial charge < -0.3 is 15.1 Å². The number of rotatable bonds is 3. The van der Waals surface area contributed by atoms with Crippen LogP contribution in [0.25, 0.3) is 0 Å². The average molecular weight is 392 g/mol. The highest BCUT2D eigenvalue weighted by molar-refractivity contribution is 6.30. The number of nitrogens with zero attached hydrogens (tertiary/aromatic N) is 2. The Hall–Kier alpha value is -2.72. The van der Waals surface area contributed by atoms with Crippen molar-refractivity contribution in [2.24, 2.45) is 0 Å². The molecule has 0 aliphatic carbocycles. The maximum Gasteiger partial charge on any atom is 0.167 e. The summed E-state index contributed by atoms with van der Waals surface area (Å²) in [6.07, 6.45) is 11.2. The largest absolute Gasteiger partial charge is 0.377 e. The van der Waals surface area contributed by atoms with E-state index in [1.54, 1.807) is 0 Å². The third-order valence-electron chi connectivity index (χ3n) is 5.67. The molecule has 142 valence electrons. The Morgan fingerprint density at radius 2 is 1.57 bits per heavy atom. The molecule has 0 fully saturated rings. The molecule has 1 atom stereocenters. The molecule has 0 saturated heterocycles. The van der Waals surface area contributed by atoms with Crippen LogP contribution in [0.5, 0.6) is 0 Å². The normalized spacial score (nSPS) is 20.6. The minimum absolute atomic E-state index is 0.0308. The molecule has 0 bridgehead atoms. The summed E-state index contributed by atoms with van der Waals surface area (Å²) in [7, 11) is 0. The highest BCUT2D eigenvalue weighted by Gasteiger charge is 2.29. The number of benzene rings is 2. The van der Waals surface area contributed by atoms with Crippen LogP contribution in [0.3, 0.4) is 0 Å². The van der Waals surface area contributed by atoms with E-state index in [0.717, 1.165) is 54.1 Å². The molecule has 4 nitrogen and oxygen atoms in total. The van der Waals surface area contributed by atoms with E-state index in [4.69, 9.17) is 11.6 Å². The van der Waals surface area contributed by atoms with Gasteiger partial charge in [-0.2, -0.15) is 0 Å². The standard InChI is InChI=1S/C23H22ClN3O/c24-17-7-5-16(6-8-17)19-15-23(28)18-13-21(26-9-1-2-10-26)22(14-20(18)25-19)27-11-3-4-12-27/h1,3,5-9,11,13-14,19,25H,2,4,10,12,15H2/t19-/m1/s1. The van der Waals surface area contributed by atoms with Gasteiger partial charge >= 0.3 is 0 Å². The van der Waals surface area contributed by atoms with Crippen LogP contribution in [-0.4, -0.2) is 18.9 Å². The van der Waals surface area contributed by atoms with Crippen LogP contribution < -0.4 is 15.1 Å². The van der Waals surface area contributed by atoms with E-state index in [-0.39, 0.29) is 11.8 Å². The Balaban J connectivity index is 1.55. The van der Waals surface area contributed by atoms with E-state index >= 15 is 0 Å². The van der Waals surface area contributed by atoms with Gasteiger partial charge in [0.2, 0.25) is 0 Å². The zero-order chi connectivity index (χ0) is 19.1. The summed E-state index contributed by atoms with van der Waals surface area (Å²) < 4.78 is 0. The lowest BCUT2D eigenvalue weighted by Crippen LogP contribution is -2.25. The molecule has 0 spiro atoms. The van der Waals surface area contributed by atoms with Gasteiger partial charge in [-0.05, 0) is 42.7 Å². The van der Waals surface area contributed by atoms with Crippen LogP contribution in [0.1, 0.15) is 41.2 Å². The average Bonchev–Trinajstić information content (AvgIpc) is 3.42. The lowest BCUT2D eigenvalue weighted by Gasteiger charge is -2.31. The van der Waals surface area contributed by atoms with Gasteiger partial charge in [0.15, 0.2) is 5.78 Å². The van der Waals surface area contributed by atoms with Crippen LogP contribution in [0.2, 0.25) is 5.02 Å². The monoisotopic (exact) mass is 391 g/mol. The third-order valence-corrected chi connectivity index (χ3v) is 5.92. The van der Waals surface area contributed by atoms with Gasteiger partial charge in [0.1, 0.15) is 0 Å². The van der Waals surface area contributed by atoms with Crippen molar-refractivity contribution in [3.63, 3.8) is 0 Å². The SMILES string of the molecule is O=C1C[C@H](c2ccc(Cl)cc2)Nc2cc(N3C=CCC3)c(N3C=CCC3)cc21. The van der Waals surface area contributed by atoms with Crippen molar-refractivity contribution in [1.29, 1.82) is 0 Å². The lowest BCUT2D eigenvalue weighted by molar-refractivity contribution is 0.0972. The Kier molecular flexibility index (Phi) is 4.36. The summed E-state index contributed by atoms with van der Waals surface area (Å²) in [5.41, 5.74) is 5.04. The number of carbonyl (C=O) groups is 1. The molecule has 28 heavy (non-hydrogen) atoms. The molecular formula is C23H22ClN3O. The summed E-state index contributed by atoms with van der Waals surface area (Å²) in [5, 5.41) is 4.30. The van der Waals surface area contributed by atoms with Crippen molar-refractivity contribution >= 4 is 34.4 Å². The van der Waals surface area contributed by atoms with E-state index in [2.05, 4.69) is 51.8 Å². The summed E-state index contributed by atoms with van der Waals surface area (Å²) in [5.74, 6) is 0.182. The summed E-state index contributed by atoms with van der Waals surface area (Å²) in [6, 6.07) is 11.9. The van der Waals surface area contributed by atoms with Gasteiger partial charge in [-0.15, -0.1) is 0 Å². The van der Waals surface area contributed by atoms with Gasteiger partial charge in [0.05, 0.1) is 17.4 Å². The molecule has 1 N–H and O–H groups in total. The minimum Gasteiger partial charge on any atom is -0.377 e. The lowest BCUT2D eigenvalue weighted by atomic mass is 9.91. The molecule has 3 aliphatic heterocycles. The molecule has 3 heterocycles. The van der Waals surface area contributed by atoms with Gasteiger partial charge in [-0.25, -0.2) is 0 Å². The molecule has 2 aromatic rings. The van der Waals surface area contributed by atoms with E-state index in [1.807, 2.05) is 24.3 Å². The van der Waals surface area contributed by atoms with Crippen molar-refractivity contribution in [3.8, 4) is 0 Å². The first kappa shape index (κ1) is 17.4. The Morgan fingerprint density at radius 3 is 2.18 bits per heavy atom. The summed E-state index contributed by atoms with van der Waals surface area (Å²) >= 11 is 6.02.